The largest absolute Gasteiger partial charge is 0.368 e. The number of anilines is 1. The highest BCUT2D eigenvalue weighted by Gasteiger charge is 2.21. The van der Waals surface area contributed by atoms with E-state index in [1.165, 1.54) is 16.8 Å². The van der Waals surface area contributed by atoms with E-state index in [1.807, 2.05) is 4.90 Å². The molecular formula is C16H24N2O. The normalized spacial score (nSPS) is 15.7. The van der Waals surface area contributed by atoms with Crippen LogP contribution in [-0.4, -0.2) is 37.0 Å². The third-order valence-electron chi connectivity index (χ3n) is 4.01. The second kappa shape index (κ2) is 6.09. The minimum absolute atomic E-state index is 0.194. The van der Waals surface area contributed by atoms with Crippen molar-refractivity contribution in [3.63, 3.8) is 0 Å². The first-order valence-corrected chi connectivity index (χ1v) is 7.28. The van der Waals surface area contributed by atoms with E-state index in [1.54, 1.807) is 6.92 Å². The fourth-order valence-electron chi connectivity index (χ4n) is 2.87. The van der Waals surface area contributed by atoms with Gasteiger partial charge in [0, 0.05) is 38.8 Å². The highest BCUT2D eigenvalue weighted by atomic mass is 16.2. The van der Waals surface area contributed by atoms with Gasteiger partial charge in [0.05, 0.1) is 0 Å². The van der Waals surface area contributed by atoms with Gasteiger partial charge in [-0.1, -0.05) is 32.0 Å². The summed E-state index contributed by atoms with van der Waals surface area (Å²) in [6, 6.07) is 6.62. The number of amides is 1. The Balaban J connectivity index is 2.21. The molecule has 2 rings (SSSR count). The van der Waals surface area contributed by atoms with Crippen LogP contribution in [0.5, 0.6) is 0 Å². The Morgan fingerprint density at radius 3 is 2.00 bits per heavy atom. The standard InChI is InChI=1S/C16H24N2O/c1-4-14-7-6-8-15(5-2)16(14)18-11-9-17(10-12-18)13(3)19/h6-8H,4-5,9-12H2,1-3H3. The lowest BCUT2D eigenvalue weighted by atomic mass is 10.0. The maximum atomic E-state index is 11.4. The average Bonchev–Trinajstić information content (AvgIpc) is 2.46. The molecule has 1 aliphatic rings. The van der Waals surface area contributed by atoms with Crippen LogP contribution in [0, 0.1) is 0 Å². The van der Waals surface area contributed by atoms with Crippen molar-refractivity contribution in [3.05, 3.63) is 29.3 Å². The van der Waals surface area contributed by atoms with E-state index < -0.39 is 0 Å². The van der Waals surface area contributed by atoms with Crippen molar-refractivity contribution >= 4 is 11.6 Å². The van der Waals surface area contributed by atoms with E-state index in [0.29, 0.717) is 0 Å². The molecule has 0 spiro atoms. The zero-order valence-corrected chi connectivity index (χ0v) is 12.3. The molecule has 1 aliphatic heterocycles. The Morgan fingerprint density at radius 1 is 1.05 bits per heavy atom. The molecular weight excluding hydrogens is 236 g/mol. The van der Waals surface area contributed by atoms with Crippen molar-refractivity contribution in [2.24, 2.45) is 0 Å². The van der Waals surface area contributed by atoms with Gasteiger partial charge in [0.15, 0.2) is 0 Å². The van der Waals surface area contributed by atoms with E-state index in [4.69, 9.17) is 0 Å². The number of benzene rings is 1. The quantitative estimate of drug-likeness (QED) is 0.833. The molecule has 1 aromatic rings. The van der Waals surface area contributed by atoms with Crippen LogP contribution in [0.4, 0.5) is 5.69 Å². The summed E-state index contributed by atoms with van der Waals surface area (Å²) in [5.41, 5.74) is 4.27. The Bertz CT molecular complexity index is 426. The van der Waals surface area contributed by atoms with Crippen molar-refractivity contribution in [2.75, 3.05) is 31.1 Å². The van der Waals surface area contributed by atoms with Gasteiger partial charge in [-0.25, -0.2) is 0 Å². The van der Waals surface area contributed by atoms with Gasteiger partial charge in [0.2, 0.25) is 5.91 Å². The second-order valence-corrected chi connectivity index (χ2v) is 5.13. The SMILES string of the molecule is CCc1cccc(CC)c1N1CCN(C(C)=O)CC1. The molecule has 1 aromatic carbocycles. The maximum absolute atomic E-state index is 11.4. The summed E-state index contributed by atoms with van der Waals surface area (Å²) < 4.78 is 0. The van der Waals surface area contributed by atoms with Crippen molar-refractivity contribution in [2.45, 2.75) is 33.6 Å². The first kappa shape index (κ1) is 13.9. The summed E-state index contributed by atoms with van der Waals surface area (Å²) in [5, 5.41) is 0. The van der Waals surface area contributed by atoms with Gasteiger partial charge < -0.3 is 9.80 Å². The van der Waals surface area contributed by atoms with Crippen LogP contribution in [0.25, 0.3) is 0 Å². The molecule has 0 radical (unpaired) electrons. The fraction of sp³-hybridized carbons (Fsp3) is 0.562. The highest BCUT2D eigenvalue weighted by molar-refractivity contribution is 5.73. The van der Waals surface area contributed by atoms with Gasteiger partial charge in [0.1, 0.15) is 0 Å². The molecule has 0 aromatic heterocycles. The smallest absolute Gasteiger partial charge is 0.219 e. The van der Waals surface area contributed by atoms with Crippen LogP contribution in [0.15, 0.2) is 18.2 Å². The Labute approximate surface area is 116 Å². The molecule has 3 heteroatoms. The number of hydrogen-bond donors (Lipinski definition) is 0. The summed E-state index contributed by atoms with van der Waals surface area (Å²) in [7, 11) is 0. The number of nitrogens with zero attached hydrogens (tertiary/aromatic N) is 2. The van der Waals surface area contributed by atoms with Gasteiger partial charge in [-0.2, -0.15) is 0 Å². The van der Waals surface area contributed by atoms with E-state index in [9.17, 15) is 4.79 Å². The molecule has 0 atom stereocenters. The molecule has 1 saturated heterocycles. The third kappa shape index (κ3) is 2.91. The highest BCUT2D eigenvalue weighted by Crippen LogP contribution is 2.27. The van der Waals surface area contributed by atoms with Crippen LogP contribution < -0.4 is 4.90 Å². The number of piperazine rings is 1. The monoisotopic (exact) mass is 260 g/mol. The number of aryl methyl sites for hydroxylation is 2. The summed E-state index contributed by atoms with van der Waals surface area (Å²) in [6.07, 6.45) is 2.13. The topological polar surface area (TPSA) is 23.6 Å². The number of carbonyl (C=O) groups excluding carboxylic acids is 1. The van der Waals surface area contributed by atoms with E-state index >= 15 is 0 Å². The molecule has 104 valence electrons. The molecule has 19 heavy (non-hydrogen) atoms. The molecule has 0 unspecified atom stereocenters. The number of hydrogen-bond acceptors (Lipinski definition) is 2. The maximum Gasteiger partial charge on any atom is 0.219 e. The Morgan fingerprint density at radius 2 is 1.58 bits per heavy atom. The summed E-state index contributed by atoms with van der Waals surface area (Å²) in [5.74, 6) is 0.194. The molecule has 1 heterocycles. The first-order valence-electron chi connectivity index (χ1n) is 7.28. The van der Waals surface area contributed by atoms with Crippen molar-refractivity contribution in [1.82, 2.24) is 4.90 Å². The van der Waals surface area contributed by atoms with Crippen LogP contribution in [0.2, 0.25) is 0 Å². The molecule has 0 aliphatic carbocycles. The third-order valence-corrected chi connectivity index (χ3v) is 4.01. The Hall–Kier alpha value is -1.51. The predicted octanol–water partition coefficient (Wildman–Crippen LogP) is 2.48. The molecule has 0 N–H and O–H groups in total. The van der Waals surface area contributed by atoms with Crippen molar-refractivity contribution in [3.8, 4) is 0 Å². The minimum atomic E-state index is 0.194. The summed E-state index contributed by atoms with van der Waals surface area (Å²) in [6.45, 7) is 9.67. The molecule has 0 bridgehead atoms. The number of para-hydroxylation sites is 1. The molecule has 1 amide bonds. The lowest BCUT2D eigenvalue weighted by Crippen LogP contribution is -2.48. The average molecular weight is 260 g/mol. The van der Waals surface area contributed by atoms with Gasteiger partial charge in [0.25, 0.3) is 0 Å². The fourth-order valence-corrected chi connectivity index (χ4v) is 2.87. The Kier molecular flexibility index (Phi) is 4.46. The zero-order valence-electron chi connectivity index (χ0n) is 12.3. The van der Waals surface area contributed by atoms with Crippen LogP contribution in [0.3, 0.4) is 0 Å². The first-order chi connectivity index (χ1) is 9.17. The van der Waals surface area contributed by atoms with E-state index in [0.717, 1.165) is 39.0 Å². The van der Waals surface area contributed by atoms with E-state index in [2.05, 4.69) is 36.9 Å². The number of rotatable bonds is 3. The summed E-state index contributed by atoms with van der Waals surface area (Å²) in [4.78, 5) is 15.8. The van der Waals surface area contributed by atoms with Crippen LogP contribution in [-0.2, 0) is 17.6 Å². The van der Waals surface area contributed by atoms with Gasteiger partial charge >= 0.3 is 0 Å². The lowest BCUT2D eigenvalue weighted by molar-refractivity contribution is -0.129. The van der Waals surface area contributed by atoms with Gasteiger partial charge in [-0.3, -0.25) is 4.79 Å². The van der Waals surface area contributed by atoms with Crippen molar-refractivity contribution in [1.29, 1.82) is 0 Å². The van der Waals surface area contributed by atoms with E-state index in [-0.39, 0.29) is 5.91 Å². The molecule has 3 nitrogen and oxygen atoms in total. The number of carbonyl (C=O) groups is 1. The van der Waals surface area contributed by atoms with Gasteiger partial charge in [-0.05, 0) is 24.0 Å². The van der Waals surface area contributed by atoms with Gasteiger partial charge in [-0.15, -0.1) is 0 Å². The lowest BCUT2D eigenvalue weighted by Gasteiger charge is -2.37. The minimum Gasteiger partial charge on any atom is -0.368 e. The van der Waals surface area contributed by atoms with Crippen LogP contribution in [0.1, 0.15) is 31.9 Å². The van der Waals surface area contributed by atoms with Crippen LogP contribution >= 0.6 is 0 Å². The zero-order chi connectivity index (χ0) is 13.8. The van der Waals surface area contributed by atoms with Crippen molar-refractivity contribution < 1.29 is 4.79 Å². The molecule has 0 saturated carbocycles. The second-order valence-electron chi connectivity index (χ2n) is 5.13. The predicted molar refractivity (Wildman–Crippen MR) is 79.7 cm³/mol. The summed E-state index contributed by atoms with van der Waals surface area (Å²) >= 11 is 0. The molecule has 1 fully saturated rings.